The minimum atomic E-state index is -0.433. The van der Waals surface area contributed by atoms with E-state index in [4.69, 9.17) is 4.74 Å². The van der Waals surface area contributed by atoms with Gasteiger partial charge in [0.25, 0.3) is 0 Å². The molecule has 1 fully saturated rings. The lowest BCUT2D eigenvalue weighted by molar-refractivity contribution is 0.0518. The molecule has 1 spiro atoms. The van der Waals surface area contributed by atoms with Gasteiger partial charge in [0.15, 0.2) is 0 Å². The van der Waals surface area contributed by atoms with E-state index in [9.17, 15) is 4.79 Å². The van der Waals surface area contributed by atoms with Gasteiger partial charge in [-0.25, -0.2) is 4.79 Å². The summed E-state index contributed by atoms with van der Waals surface area (Å²) in [6, 6.07) is 2.29. The molecule has 2 N–H and O–H groups in total. The molecule has 122 valence electrons. The molecular formula is C17H26N2O2S. The Labute approximate surface area is 136 Å². The number of nitrogens with one attached hydrogen (secondary N) is 2. The third kappa shape index (κ3) is 3.30. The van der Waals surface area contributed by atoms with Gasteiger partial charge in [0.05, 0.1) is 0 Å². The zero-order valence-corrected chi connectivity index (χ0v) is 14.5. The fourth-order valence-electron chi connectivity index (χ4n) is 3.74. The molecule has 0 saturated heterocycles. The molecule has 1 aliphatic carbocycles. The molecule has 0 aromatic carbocycles. The number of hydrogen-bond donors (Lipinski definition) is 2. The molecule has 4 nitrogen and oxygen atoms in total. The summed E-state index contributed by atoms with van der Waals surface area (Å²) < 4.78 is 5.31. The Morgan fingerprint density at radius 1 is 1.55 bits per heavy atom. The van der Waals surface area contributed by atoms with Crippen molar-refractivity contribution in [1.29, 1.82) is 0 Å². The normalized spacial score (nSPS) is 27.7. The highest BCUT2D eigenvalue weighted by atomic mass is 32.1. The first-order valence-electron chi connectivity index (χ1n) is 8.17. The van der Waals surface area contributed by atoms with E-state index in [0.29, 0.717) is 12.5 Å². The van der Waals surface area contributed by atoms with Crippen molar-refractivity contribution in [3.05, 3.63) is 21.9 Å². The molecule has 2 aliphatic rings. The van der Waals surface area contributed by atoms with Crippen molar-refractivity contribution in [2.75, 3.05) is 13.1 Å². The molecule has 2 heterocycles. The second kappa shape index (κ2) is 5.85. The van der Waals surface area contributed by atoms with Crippen LogP contribution in [-0.4, -0.2) is 24.8 Å². The topological polar surface area (TPSA) is 50.4 Å². The van der Waals surface area contributed by atoms with Crippen LogP contribution in [0.25, 0.3) is 0 Å². The summed E-state index contributed by atoms with van der Waals surface area (Å²) in [5.41, 5.74) is 1.22. The minimum Gasteiger partial charge on any atom is -0.444 e. The number of carbonyl (C=O) groups is 1. The van der Waals surface area contributed by atoms with Gasteiger partial charge in [-0.3, -0.25) is 0 Å². The molecule has 1 aromatic rings. The van der Waals surface area contributed by atoms with Crippen molar-refractivity contribution in [3.63, 3.8) is 0 Å². The number of amides is 1. The van der Waals surface area contributed by atoms with Crippen LogP contribution >= 0.6 is 11.3 Å². The van der Waals surface area contributed by atoms with E-state index in [2.05, 4.69) is 22.1 Å². The summed E-state index contributed by atoms with van der Waals surface area (Å²) in [7, 11) is 0. The maximum absolute atomic E-state index is 11.8. The van der Waals surface area contributed by atoms with E-state index in [-0.39, 0.29) is 11.6 Å². The van der Waals surface area contributed by atoms with Gasteiger partial charge >= 0.3 is 6.09 Å². The molecule has 1 amide bonds. The average molecular weight is 322 g/mol. The fraction of sp³-hybridized carbons (Fsp3) is 0.706. The Morgan fingerprint density at radius 3 is 3.14 bits per heavy atom. The molecule has 0 radical (unpaired) electrons. The van der Waals surface area contributed by atoms with E-state index in [1.807, 2.05) is 32.1 Å². The molecule has 0 bridgehead atoms. The Kier molecular flexibility index (Phi) is 4.21. The Balaban J connectivity index is 1.57. The van der Waals surface area contributed by atoms with Crippen LogP contribution in [0.3, 0.4) is 0 Å². The summed E-state index contributed by atoms with van der Waals surface area (Å²) in [4.78, 5) is 13.3. The van der Waals surface area contributed by atoms with E-state index in [1.165, 1.54) is 5.56 Å². The van der Waals surface area contributed by atoms with Gasteiger partial charge in [-0.15, -0.1) is 11.3 Å². The Bertz CT molecular complexity index is 549. The molecule has 2 atom stereocenters. The standard InChI is InChI=1S/C17H26N2O2S/c1-16(2,3)21-15(20)18-11-12-4-7-17(10-12)13-6-9-22-14(13)5-8-19-17/h6,9,12,19H,4-5,7-8,10-11H2,1-3H3,(H,18,20). The third-order valence-electron chi connectivity index (χ3n) is 4.63. The fourth-order valence-corrected chi connectivity index (χ4v) is 4.72. The quantitative estimate of drug-likeness (QED) is 0.877. The Hall–Kier alpha value is -1.07. The monoisotopic (exact) mass is 322 g/mol. The van der Waals surface area contributed by atoms with Crippen LogP contribution in [0.4, 0.5) is 4.79 Å². The van der Waals surface area contributed by atoms with E-state index in [1.54, 1.807) is 4.88 Å². The van der Waals surface area contributed by atoms with Crippen molar-refractivity contribution >= 4 is 17.4 Å². The van der Waals surface area contributed by atoms with Gasteiger partial charge in [-0.1, -0.05) is 0 Å². The molecule has 2 unspecified atom stereocenters. The van der Waals surface area contributed by atoms with E-state index in [0.717, 1.165) is 32.2 Å². The second-order valence-corrected chi connectivity index (χ2v) is 8.51. The molecule has 22 heavy (non-hydrogen) atoms. The van der Waals surface area contributed by atoms with E-state index < -0.39 is 5.60 Å². The highest BCUT2D eigenvalue weighted by molar-refractivity contribution is 7.10. The van der Waals surface area contributed by atoms with Crippen LogP contribution in [0, 0.1) is 5.92 Å². The van der Waals surface area contributed by atoms with Crippen LogP contribution < -0.4 is 10.6 Å². The molecule has 1 aliphatic heterocycles. The van der Waals surface area contributed by atoms with Gasteiger partial charge in [-0.05, 0) is 69.4 Å². The van der Waals surface area contributed by atoms with Gasteiger partial charge in [0, 0.05) is 23.5 Å². The SMILES string of the molecule is CC(C)(C)OC(=O)NCC1CCC2(C1)NCCc1sccc12. The maximum atomic E-state index is 11.8. The number of thiophene rings is 1. The zero-order valence-electron chi connectivity index (χ0n) is 13.7. The van der Waals surface area contributed by atoms with E-state index >= 15 is 0 Å². The Morgan fingerprint density at radius 2 is 2.36 bits per heavy atom. The molecule has 1 saturated carbocycles. The maximum Gasteiger partial charge on any atom is 0.407 e. The van der Waals surface area contributed by atoms with Crippen LogP contribution in [0.2, 0.25) is 0 Å². The number of carbonyl (C=O) groups excluding carboxylic acids is 1. The van der Waals surface area contributed by atoms with Crippen LogP contribution in [-0.2, 0) is 16.7 Å². The summed E-state index contributed by atoms with van der Waals surface area (Å²) >= 11 is 1.88. The first-order chi connectivity index (χ1) is 10.4. The molecule has 3 rings (SSSR count). The lowest BCUT2D eigenvalue weighted by atomic mass is 9.84. The average Bonchev–Trinajstić information content (AvgIpc) is 3.03. The highest BCUT2D eigenvalue weighted by Crippen LogP contribution is 2.46. The first kappa shape index (κ1) is 15.8. The van der Waals surface area contributed by atoms with Crippen molar-refractivity contribution in [1.82, 2.24) is 10.6 Å². The lowest BCUT2D eigenvalue weighted by Gasteiger charge is -2.35. The van der Waals surface area contributed by atoms with Crippen molar-refractivity contribution in [2.45, 2.75) is 57.6 Å². The summed E-state index contributed by atoms with van der Waals surface area (Å²) in [6.45, 7) is 7.45. The van der Waals surface area contributed by atoms with Gasteiger partial charge in [0.1, 0.15) is 5.60 Å². The van der Waals surface area contributed by atoms with Crippen LogP contribution in [0.15, 0.2) is 11.4 Å². The smallest absolute Gasteiger partial charge is 0.407 e. The van der Waals surface area contributed by atoms with Crippen LogP contribution in [0.1, 0.15) is 50.5 Å². The zero-order chi connectivity index (χ0) is 15.8. The first-order valence-corrected chi connectivity index (χ1v) is 9.05. The molecular weight excluding hydrogens is 296 g/mol. The molecule has 5 heteroatoms. The number of rotatable bonds is 2. The number of fused-ring (bicyclic) bond motifs is 2. The summed E-state index contributed by atoms with van der Waals surface area (Å²) in [5.74, 6) is 0.519. The van der Waals surface area contributed by atoms with Gasteiger partial charge < -0.3 is 15.4 Å². The number of hydrogen-bond acceptors (Lipinski definition) is 4. The number of alkyl carbamates (subject to hydrolysis) is 1. The summed E-state index contributed by atoms with van der Waals surface area (Å²) in [6.07, 6.45) is 4.26. The van der Waals surface area contributed by atoms with Crippen LogP contribution in [0.5, 0.6) is 0 Å². The largest absolute Gasteiger partial charge is 0.444 e. The number of ether oxygens (including phenoxy) is 1. The summed E-state index contributed by atoms with van der Waals surface area (Å²) in [5, 5.41) is 8.90. The predicted molar refractivity (Wildman–Crippen MR) is 89.3 cm³/mol. The van der Waals surface area contributed by atoms with Crippen molar-refractivity contribution in [3.8, 4) is 0 Å². The second-order valence-electron chi connectivity index (χ2n) is 7.51. The lowest BCUT2D eigenvalue weighted by Crippen LogP contribution is -2.45. The predicted octanol–water partition coefficient (Wildman–Crippen LogP) is 3.41. The van der Waals surface area contributed by atoms with Crippen molar-refractivity contribution < 1.29 is 9.53 Å². The van der Waals surface area contributed by atoms with Gasteiger partial charge in [-0.2, -0.15) is 0 Å². The highest BCUT2D eigenvalue weighted by Gasteiger charge is 2.43. The third-order valence-corrected chi connectivity index (χ3v) is 5.61. The van der Waals surface area contributed by atoms with Crippen molar-refractivity contribution in [2.24, 2.45) is 5.92 Å². The van der Waals surface area contributed by atoms with Gasteiger partial charge in [0.2, 0.25) is 0 Å². The minimum absolute atomic E-state index is 0.147. The molecule has 1 aromatic heterocycles.